The summed E-state index contributed by atoms with van der Waals surface area (Å²) >= 11 is 11.8. The molecule has 27 heavy (non-hydrogen) atoms. The van der Waals surface area contributed by atoms with Crippen LogP contribution in [0, 0.1) is 13.8 Å². The predicted octanol–water partition coefficient (Wildman–Crippen LogP) is 4.51. The van der Waals surface area contributed by atoms with Gasteiger partial charge in [0.2, 0.25) is 11.8 Å². The Morgan fingerprint density at radius 3 is 2.41 bits per heavy atom. The van der Waals surface area contributed by atoms with Gasteiger partial charge >= 0.3 is 0 Å². The Labute approximate surface area is 169 Å². The van der Waals surface area contributed by atoms with Crippen LogP contribution in [0.4, 0.5) is 11.4 Å². The Morgan fingerprint density at radius 1 is 1.04 bits per heavy atom. The van der Waals surface area contributed by atoms with Gasteiger partial charge in [0.05, 0.1) is 22.6 Å². The third-order valence-corrected chi connectivity index (χ3v) is 5.03. The lowest BCUT2D eigenvalue weighted by molar-refractivity contribution is -0.122. The molecular formula is C20H23Cl2N3O2. The number of carbonyl (C=O) groups excluding carboxylic acids is 2. The number of aryl methyl sites for hydroxylation is 2. The first-order valence-electron chi connectivity index (χ1n) is 8.50. The number of anilines is 2. The molecule has 0 unspecified atom stereocenters. The second-order valence-electron chi connectivity index (χ2n) is 6.58. The molecule has 2 aromatic rings. The molecule has 0 saturated carbocycles. The van der Waals surface area contributed by atoms with E-state index in [-0.39, 0.29) is 18.4 Å². The van der Waals surface area contributed by atoms with E-state index in [4.69, 9.17) is 23.2 Å². The molecule has 7 heteroatoms. The minimum Gasteiger partial charge on any atom is -0.325 e. The Balaban J connectivity index is 1.94. The molecule has 0 spiro atoms. The molecule has 0 heterocycles. The topological polar surface area (TPSA) is 61.4 Å². The number of halogens is 2. The van der Waals surface area contributed by atoms with Crippen LogP contribution in [0.3, 0.4) is 0 Å². The van der Waals surface area contributed by atoms with Crippen LogP contribution in [-0.4, -0.2) is 36.3 Å². The van der Waals surface area contributed by atoms with Crippen molar-refractivity contribution >= 4 is 46.4 Å². The molecule has 144 valence electrons. The number of nitrogens with zero attached hydrogens (tertiary/aromatic N) is 1. The molecule has 5 nitrogen and oxygen atoms in total. The van der Waals surface area contributed by atoms with Gasteiger partial charge in [0.15, 0.2) is 0 Å². The van der Waals surface area contributed by atoms with Crippen molar-refractivity contribution in [2.75, 3.05) is 24.2 Å². The van der Waals surface area contributed by atoms with E-state index in [1.54, 1.807) is 37.1 Å². The molecule has 0 aromatic heterocycles. The van der Waals surface area contributed by atoms with E-state index in [9.17, 15) is 9.59 Å². The summed E-state index contributed by atoms with van der Waals surface area (Å²) in [6.45, 7) is 5.72. The zero-order chi connectivity index (χ0) is 20.1. The van der Waals surface area contributed by atoms with Crippen molar-refractivity contribution in [2.45, 2.75) is 26.8 Å². The molecular weight excluding hydrogens is 385 g/mol. The smallest absolute Gasteiger partial charge is 0.241 e. The summed E-state index contributed by atoms with van der Waals surface area (Å²) in [5.74, 6) is -0.421. The Morgan fingerprint density at radius 2 is 1.74 bits per heavy atom. The first-order valence-corrected chi connectivity index (χ1v) is 9.26. The van der Waals surface area contributed by atoms with Gasteiger partial charge in [-0.25, -0.2) is 0 Å². The third kappa shape index (κ3) is 5.96. The second-order valence-corrected chi connectivity index (χ2v) is 7.39. The van der Waals surface area contributed by atoms with Gasteiger partial charge in [-0.2, -0.15) is 0 Å². The highest BCUT2D eigenvalue weighted by molar-refractivity contribution is 6.42. The van der Waals surface area contributed by atoms with Crippen molar-refractivity contribution in [2.24, 2.45) is 0 Å². The van der Waals surface area contributed by atoms with Crippen LogP contribution < -0.4 is 10.6 Å². The normalized spacial score (nSPS) is 12.0. The van der Waals surface area contributed by atoms with Gasteiger partial charge < -0.3 is 10.6 Å². The molecule has 2 aromatic carbocycles. The van der Waals surface area contributed by atoms with Crippen molar-refractivity contribution in [3.63, 3.8) is 0 Å². The van der Waals surface area contributed by atoms with Crippen molar-refractivity contribution < 1.29 is 9.59 Å². The van der Waals surface area contributed by atoms with Crippen molar-refractivity contribution in [1.29, 1.82) is 0 Å². The Hall–Kier alpha value is -2.08. The van der Waals surface area contributed by atoms with Gasteiger partial charge in [-0.15, -0.1) is 0 Å². The molecule has 2 amide bonds. The van der Waals surface area contributed by atoms with Crippen LogP contribution >= 0.6 is 23.2 Å². The molecule has 0 aliphatic heterocycles. The number of likely N-dealkylation sites (N-methyl/N-ethyl adjacent to an activating group) is 1. The molecule has 0 saturated heterocycles. The summed E-state index contributed by atoms with van der Waals surface area (Å²) in [4.78, 5) is 26.4. The first-order chi connectivity index (χ1) is 12.7. The van der Waals surface area contributed by atoms with Gasteiger partial charge in [0.1, 0.15) is 0 Å². The standard InChI is InChI=1S/C20H23Cl2N3O2/c1-12-5-6-13(2)18(9-12)24-20(27)14(3)25(4)11-19(26)23-15-7-8-16(21)17(22)10-15/h5-10,14H,11H2,1-4H3,(H,23,26)(H,24,27)/t14-/m1/s1. The Kier molecular flexibility index (Phi) is 7.25. The fourth-order valence-corrected chi connectivity index (χ4v) is 2.74. The maximum atomic E-state index is 12.5. The van der Waals surface area contributed by atoms with E-state index >= 15 is 0 Å². The van der Waals surface area contributed by atoms with Crippen LogP contribution in [0.5, 0.6) is 0 Å². The van der Waals surface area contributed by atoms with E-state index in [1.165, 1.54) is 0 Å². The summed E-state index contributed by atoms with van der Waals surface area (Å²) in [5.41, 5.74) is 3.38. The van der Waals surface area contributed by atoms with Gasteiger partial charge in [-0.3, -0.25) is 14.5 Å². The quantitative estimate of drug-likeness (QED) is 0.740. The van der Waals surface area contributed by atoms with E-state index in [0.29, 0.717) is 15.7 Å². The van der Waals surface area contributed by atoms with Gasteiger partial charge in [0, 0.05) is 11.4 Å². The number of benzene rings is 2. The molecule has 0 bridgehead atoms. The first kappa shape index (κ1) is 21.2. The lowest BCUT2D eigenvalue weighted by Gasteiger charge is -2.23. The van der Waals surface area contributed by atoms with E-state index in [0.717, 1.165) is 16.8 Å². The zero-order valence-corrected chi connectivity index (χ0v) is 17.3. The number of hydrogen-bond donors (Lipinski definition) is 2. The number of carbonyl (C=O) groups is 2. The minimum atomic E-state index is -0.482. The van der Waals surface area contributed by atoms with Crippen LogP contribution in [0.15, 0.2) is 36.4 Å². The summed E-state index contributed by atoms with van der Waals surface area (Å²) in [6.07, 6.45) is 0. The van der Waals surface area contributed by atoms with Crippen LogP contribution in [0.2, 0.25) is 10.0 Å². The second kappa shape index (κ2) is 9.22. The summed E-state index contributed by atoms with van der Waals surface area (Å²) < 4.78 is 0. The van der Waals surface area contributed by atoms with E-state index in [1.807, 2.05) is 32.0 Å². The lowest BCUT2D eigenvalue weighted by atomic mass is 10.1. The van der Waals surface area contributed by atoms with Gasteiger partial charge in [0.25, 0.3) is 0 Å². The molecule has 1 atom stereocenters. The van der Waals surface area contributed by atoms with Crippen LogP contribution in [0.1, 0.15) is 18.1 Å². The van der Waals surface area contributed by atoms with Crippen LogP contribution in [-0.2, 0) is 9.59 Å². The maximum Gasteiger partial charge on any atom is 0.241 e. The maximum absolute atomic E-state index is 12.5. The minimum absolute atomic E-state index is 0.0572. The largest absolute Gasteiger partial charge is 0.325 e. The number of rotatable bonds is 6. The average molecular weight is 408 g/mol. The van der Waals surface area contributed by atoms with E-state index < -0.39 is 6.04 Å². The average Bonchev–Trinajstić information content (AvgIpc) is 2.60. The third-order valence-electron chi connectivity index (χ3n) is 4.29. The van der Waals surface area contributed by atoms with Crippen molar-refractivity contribution in [3.8, 4) is 0 Å². The fourth-order valence-electron chi connectivity index (χ4n) is 2.45. The molecule has 2 N–H and O–H groups in total. The van der Waals surface area contributed by atoms with E-state index in [2.05, 4.69) is 10.6 Å². The number of nitrogens with one attached hydrogen (secondary N) is 2. The fraction of sp³-hybridized carbons (Fsp3) is 0.300. The highest BCUT2D eigenvalue weighted by Gasteiger charge is 2.21. The summed E-state index contributed by atoms with van der Waals surface area (Å²) in [7, 11) is 1.72. The highest BCUT2D eigenvalue weighted by Crippen LogP contribution is 2.25. The monoisotopic (exact) mass is 407 g/mol. The van der Waals surface area contributed by atoms with Crippen LogP contribution in [0.25, 0.3) is 0 Å². The SMILES string of the molecule is Cc1ccc(C)c(NC(=O)[C@@H](C)N(C)CC(=O)Nc2ccc(Cl)c(Cl)c2)c1. The molecule has 0 aliphatic rings. The molecule has 0 fully saturated rings. The molecule has 0 radical (unpaired) electrons. The number of amides is 2. The summed E-state index contributed by atoms with van der Waals surface area (Å²) in [6, 6.07) is 10.3. The highest BCUT2D eigenvalue weighted by atomic mass is 35.5. The van der Waals surface area contributed by atoms with Crippen molar-refractivity contribution in [3.05, 3.63) is 57.6 Å². The van der Waals surface area contributed by atoms with Gasteiger partial charge in [-0.1, -0.05) is 35.3 Å². The molecule has 2 rings (SSSR count). The summed E-state index contributed by atoms with van der Waals surface area (Å²) in [5, 5.41) is 6.45. The molecule has 0 aliphatic carbocycles. The lowest BCUT2D eigenvalue weighted by Crippen LogP contribution is -2.43. The van der Waals surface area contributed by atoms with Gasteiger partial charge in [-0.05, 0) is 63.2 Å². The number of hydrogen-bond acceptors (Lipinski definition) is 3. The Bertz CT molecular complexity index is 855. The predicted molar refractivity (Wildman–Crippen MR) is 112 cm³/mol. The van der Waals surface area contributed by atoms with Crippen molar-refractivity contribution in [1.82, 2.24) is 4.90 Å². The zero-order valence-electron chi connectivity index (χ0n) is 15.8.